The molecule has 1 aromatic heterocycles. The van der Waals surface area contributed by atoms with Gasteiger partial charge in [-0.25, -0.2) is 9.37 Å². The monoisotopic (exact) mass is 639 g/mol. The van der Waals surface area contributed by atoms with Gasteiger partial charge in [-0.15, -0.1) is 6.58 Å². The third-order valence-corrected chi connectivity index (χ3v) is 8.05. The first kappa shape index (κ1) is 33.4. The van der Waals surface area contributed by atoms with Gasteiger partial charge in [0.15, 0.2) is 23.1 Å². The number of hydrogen-bond acceptors (Lipinski definition) is 8. The Labute approximate surface area is 275 Å². The van der Waals surface area contributed by atoms with Gasteiger partial charge in [0, 0.05) is 30.2 Å². The molecule has 0 saturated carbocycles. The van der Waals surface area contributed by atoms with Crippen LogP contribution in [-0.4, -0.2) is 54.1 Å². The number of methoxy groups -OCH3 is 1. The number of ether oxygens (including phenoxy) is 3. The van der Waals surface area contributed by atoms with Crippen LogP contribution < -0.4 is 24.8 Å². The maximum Gasteiger partial charge on any atom is 0.262 e. The molecule has 246 valence electrons. The largest absolute Gasteiger partial charge is 0.493 e. The first-order valence-corrected chi connectivity index (χ1v) is 16.0. The molecular weight excluding hydrogens is 597 g/mol. The van der Waals surface area contributed by atoms with Crippen molar-refractivity contribution in [1.29, 1.82) is 0 Å². The van der Waals surface area contributed by atoms with E-state index in [4.69, 9.17) is 14.2 Å². The SMILES string of the molecule is C=CCc1ccc(Oc2nc(Nc3ccc(OCCCN4CCCCC4)c(F)c3)ncc2C(=O)Nc2c(C)cccc2C)c(OC)c1. The molecule has 0 aliphatic carbocycles. The van der Waals surface area contributed by atoms with Crippen molar-refractivity contribution in [2.45, 2.75) is 46.0 Å². The quantitative estimate of drug-likeness (QED) is 0.106. The molecule has 4 aromatic rings. The summed E-state index contributed by atoms with van der Waals surface area (Å²) >= 11 is 0. The zero-order valence-electron chi connectivity index (χ0n) is 27.3. The van der Waals surface area contributed by atoms with Crippen molar-refractivity contribution in [3.05, 3.63) is 102 Å². The average Bonchev–Trinajstić information content (AvgIpc) is 3.07. The van der Waals surface area contributed by atoms with E-state index in [1.165, 1.54) is 38.6 Å². The smallest absolute Gasteiger partial charge is 0.262 e. The van der Waals surface area contributed by atoms with E-state index < -0.39 is 11.7 Å². The molecule has 0 unspecified atom stereocenters. The highest BCUT2D eigenvalue weighted by Gasteiger charge is 2.21. The Morgan fingerprint density at radius 3 is 2.51 bits per heavy atom. The lowest BCUT2D eigenvalue weighted by Crippen LogP contribution is -2.31. The van der Waals surface area contributed by atoms with E-state index in [0.717, 1.165) is 42.7 Å². The summed E-state index contributed by atoms with van der Waals surface area (Å²) in [5.74, 6) is 0.170. The Balaban J connectivity index is 1.35. The lowest BCUT2D eigenvalue weighted by atomic mass is 10.1. The molecule has 9 nitrogen and oxygen atoms in total. The molecule has 47 heavy (non-hydrogen) atoms. The maximum atomic E-state index is 15.0. The van der Waals surface area contributed by atoms with Gasteiger partial charge in [0.05, 0.1) is 13.7 Å². The van der Waals surface area contributed by atoms with E-state index in [2.05, 4.69) is 32.1 Å². The zero-order valence-corrected chi connectivity index (χ0v) is 27.3. The molecule has 1 aliphatic heterocycles. The Hall–Kier alpha value is -4.96. The standard InChI is InChI=1S/C37H42FN5O4/c1-5-11-27-14-16-32(33(22-27)45-4)47-36-29(35(44)41-34-25(2)12-9-13-26(34)3)24-39-37(42-36)40-28-15-17-31(30(38)23-28)46-21-10-20-43-18-7-6-8-19-43/h5,9,12-17,22-24H,1,6-8,10-11,18-21H2,2-4H3,(H,41,44)(H,39,40,42). The number of nitrogens with zero attached hydrogens (tertiary/aromatic N) is 3. The van der Waals surface area contributed by atoms with Crippen LogP contribution in [0.4, 0.5) is 21.7 Å². The Bertz CT molecular complexity index is 1690. The second-order valence-corrected chi connectivity index (χ2v) is 11.6. The second kappa shape index (κ2) is 16.0. The number of halogens is 1. The van der Waals surface area contributed by atoms with E-state index in [1.54, 1.807) is 24.3 Å². The summed E-state index contributed by atoms with van der Waals surface area (Å²) in [6.45, 7) is 11.3. The minimum Gasteiger partial charge on any atom is -0.493 e. The normalized spacial score (nSPS) is 13.1. The summed E-state index contributed by atoms with van der Waals surface area (Å²) in [5, 5.41) is 5.99. The van der Waals surface area contributed by atoms with Gasteiger partial charge in [-0.1, -0.05) is 36.8 Å². The van der Waals surface area contributed by atoms with Gasteiger partial charge < -0.3 is 29.7 Å². The van der Waals surface area contributed by atoms with Crippen LogP contribution in [0.3, 0.4) is 0 Å². The number of carbonyl (C=O) groups excluding carboxylic acids is 1. The highest BCUT2D eigenvalue weighted by molar-refractivity contribution is 6.06. The lowest BCUT2D eigenvalue weighted by molar-refractivity contribution is 0.102. The molecule has 5 rings (SSSR count). The van der Waals surface area contributed by atoms with E-state index in [0.29, 0.717) is 35.9 Å². The van der Waals surface area contributed by atoms with E-state index in [9.17, 15) is 4.79 Å². The second-order valence-electron chi connectivity index (χ2n) is 11.6. The summed E-state index contributed by atoms with van der Waals surface area (Å²) in [4.78, 5) is 24.9. The van der Waals surface area contributed by atoms with Crippen LogP contribution in [0.1, 0.15) is 52.7 Å². The number of nitrogens with one attached hydrogen (secondary N) is 2. The van der Waals surface area contributed by atoms with Gasteiger partial charge in [-0.05, 0) is 93.6 Å². The molecule has 10 heteroatoms. The number of rotatable bonds is 14. The summed E-state index contributed by atoms with van der Waals surface area (Å²) in [5.41, 5.74) is 4.02. The fraction of sp³-hybridized carbons (Fsp3) is 0.324. The molecule has 1 amide bonds. The number of amides is 1. The van der Waals surface area contributed by atoms with Crippen LogP contribution in [0.2, 0.25) is 0 Å². The summed E-state index contributed by atoms with van der Waals surface area (Å²) < 4.78 is 32.5. The molecular formula is C37H42FN5O4. The van der Waals surface area contributed by atoms with Crippen molar-refractivity contribution < 1.29 is 23.4 Å². The minimum atomic E-state index is -0.501. The predicted molar refractivity (Wildman–Crippen MR) is 183 cm³/mol. The third kappa shape index (κ3) is 8.86. The summed E-state index contributed by atoms with van der Waals surface area (Å²) in [6.07, 6.45) is 8.43. The Morgan fingerprint density at radius 1 is 1.02 bits per heavy atom. The van der Waals surface area contributed by atoms with Crippen LogP contribution in [-0.2, 0) is 6.42 Å². The van der Waals surface area contributed by atoms with Crippen molar-refractivity contribution in [2.24, 2.45) is 0 Å². The van der Waals surface area contributed by atoms with Gasteiger partial charge in [0.2, 0.25) is 11.8 Å². The van der Waals surface area contributed by atoms with Crippen molar-refractivity contribution in [2.75, 3.05) is 44.0 Å². The number of aromatic nitrogens is 2. The number of benzene rings is 3. The highest BCUT2D eigenvalue weighted by Crippen LogP contribution is 2.34. The van der Waals surface area contributed by atoms with Gasteiger partial charge in [-0.2, -0.15) is 4.98 Å². The highest BCUT2D eigenvalue weighted by atomic mass is 19.1. The van der Waals surface area contributed by atoms with Crippen molar-refractivity contribution >= 4 is 23.2 Å². The molecule has 0 spiro atoms. The topological polar surface area (TPSA) is 97.8 Å². The predicted octanol–water partition coefficient (Wildman–Crippen LogP) is 8.01. The molecule has 0 bridgehead atoms. The van der Waals surface area contributed by atoms with Crippen molar-refractivity contribution in [3.63, 3.8) is 0 Å². The summed E-state index contributed by atoms with van der Waals surface area (Å²) in [6, 6.07) is 15.8. The van der Waals surface area contributed by atoms with Crippen LogP contribution in [0, 0.1) is 19.7 Å². The first-order valence-electron chi connectivity index (χ1n) is 16.0. The van der Waals surface area contributed by atoms with Crippen LogP contribution >= 0.6 is 0 Å². The van der Waals surface area contributed by atoms with Crippen LogP contribution in [0.5, 0.6) is 23.1 Å². The van der Waals surface area contributed by atoms with Gasteiger partial charge in [0.1, 0.15) is 5.56 Å². The maximum absolute atomic E-state index is 15.0. The van der Waals surface area contributed by atoms with E-state index in [-0.39, 0.29) is 23.1 Å². The minimum absolute atomic E-state index is 0.00450. The number of likely N-dealkylation sites (tertiary alicyclic amines) is 1. The number of aryl methyl sites for hydroxylation is 2. The molecule has 1 fully saturated rings. The van der Waals surface area contributed by atoms with Crippen molar-refractivity contribution in [3.8, 4) is 23.1 Å². The van der Waals surface area contributed by atoms with E-state index >= 15 is 4.39 Å². The molecule has 2 heterocycles. The number of hydrogen-bond donors (Lipinski definition) is 2. The van der Waals surface area contributed by atoms with E-state index in [1.807, 2.05) is 44.2 Å². The molecule has 0 atom stereocenters. The number of carbonyl (C=O) groups is 1. The number of piperidine rings is 1. The molecule has 1 saturated heterocycles. The van der Waals surface area contributed by atoms with Crippen LogP contribution in [0.25, 0.3) is 0 Å². The average molecular weight is 640 g/mol. The molecule has 2 N–H and O–H groups in total. The van der Waals surface area contributed by atoms with Gasteiger partial charge in [0.25, 0.3) is 5.91 Å². The summed E-state index contributed by atoms with van der Waals surface area (Å²) in [7, 11) is 1.54. The molecule has 3 aromatic carbocycles. The Kier molecular flexibility index (Phi) is 11.4. The first-order chi connectivity index (χ1) is 22.8. The lowest BCUT2D eigenvalue weighted by Gasteiger charge is -2.26. The molecule has 0 radical (unpaired) electrons. The fourth-order valence-corrected chi connectivity index (χ4v) is 5.52. The number of anilines is 3. The van der Waals surface area contributed by atoms with Crippen molar-refractivity contribution in [1.82, 2.24) is 14.9 Å². The molecule has 1 aliphatic rings. The van der Waals surface area contributed by atoms with Crippen LogP contribution in [0.15, 0.2) is 73.4 Å². The third-order valence-electron chi connectivity index (χ3n) is 8.05. The number of allylic oxidation sites excluding steroid dienone is 1. The van der Waals surface area contributed by atoms with Gasteiger partial charge >= 0.3 is 0 Å². The fourth-order valence-electron chi connectivity index (χ4n) is 5.52. The Morgan fingerprint density at radius 2 is 1.79 bits per heavy atom. The van der Waals surface area contributed by atoms with Gasteiger partial charge in [-0.3, -0.25) is 4.79 Å². The zero-order chi connectivity index (χ0) is 33.2. The number of para-hydroxylation sites is 1.